The van der Waals surface area contributed by atoms with Crippen molar-refractivity contribution in [2.24, 2.45) is 5.41 Å². The lowest BCUT2D eigenvalue weighted by Crippen LogP contribution is -2.47. The first kappa shape index (κ1) is 20.7. The molecule has 4 heteroatoms. The summed E-state index contributed by atoms with van der Waals surface area (Å²) in [4.78, 5) is 2.55. The predicted molar refractivity (Wildman–Crippen MR) is 113 cm³/mol. The van der Waals surface area contributed by atoms with Gasteiger partial charge in [0.2, 0.25) is 0 Å². The van der Waals surface area contributed by atoms with Crippen LogP contribution in [0.5, 0.6) is 11.5 Å². The lowest BCUT2D eigenvalue weighted by molar-refractivity contribution is 0.0302. The summed E-state index contributed by atoms with van der Waals surface area (Å²) >= 11 is 0. The van der Waals surface area contributed by atoms with Crippen molar-refractivity contribution in [1.29, 1.82) is 0 Å². The summed E-state index contributed by atoms with van der Waals surface area (Å²) in [5, 5.41) is 10.2. The molecular formula is C24H33NO3. The molecule has 1 atom stereocenters. The van der Waals surface area contributed by atoms with Crippen LogP contribution in [0.15, 0.2) is 48.5 Å². The van der Waals surface area contributed by atoms with E-state index in [1.54, 1.807) is 14.2 Å². The van der Waals surface area contributed by atoms with Gasteiger partial charge < -0.3 is 19.5 Å². The van der Waals surface area contributed by atoms with Crippen LogP contribution in [0.4, 0.5) is 0 Å². The third kappa shape index (κ3) is 4.86. The second-order valence-electron chi connectivity index (χ2n) is 8.09. The van der Waals surface area contributed by atoms with E-state index in [2.05, 4.69) is 36.1 Å². The Morgan fingerprint density at radius 1 is 1.04 bits per heavy atom. The highest BCUT2D eigenvalue weighted by molar-refractivity contribution is 5.34. The molecule has 0 radical (unpaired) electrons. The maximum absolute atomic E-state index is 10.2. The molecule has 1 aliphatic heterocycles. The van der Waals surface area contributed by atoms with E-state index in [9.17, 15) is 5.11 Å². The van der Waals surface area contributed by atoms with Crippen LogP contribution in [0.3, 0.4) is 0 Å². The van der Waals surface area contributed by atoms with E-state index >= 15 is 0 Å². The van der Waals surface area contributed by atoms with Crippen LogP contribution in [-0.2, 0) is 12.8 Å². The number of benzene rings is 2. The van der Waals surface area contributed by atoms with Crippen LogP contribution in [0, 0.1) is 5.41 Å². The first-order valence-corrected chi connectivity index (χ1v) is 10.2. The number of hydrogen-bond donors (Lipinski definition) is 1. The summed E-state index contributed by atoms with van der Waals surface area (Å²) in [6.07, 6.45) is 3.90. The zero-order valence-corrected chi connectivity index (χ0v) is 17.4. The molecule has 28 heavy (non-hydrogen) atoms. The molecule has 0 amide bonds. The normalized spacial score (nSPS) is 17.9. The molecule has 0 bridgehead atoms. The minimum Gasteiger partial charge on any atom is -0.497 e. The number of aliphatic hydroxyl groups excluding tert-OH is 1. The second kappa shape index (κ2) is 9.44. The third-order valence-electron chi connectivity index (χ3n) is 6.24. The van der Waals surface area contributed by atoms with Crippen molar-refractivity contribution in [2.75, 3.05) is 33.9 Å². The molecule has 2 aromatic carbocycles. The molecular weight excluding hydrogens is 350 g/mol. The van der Waals surface area contributed by atoms with Gasteiger partial charge in [0.1, 0.15) is 11.5 Å². The van der Waals surface area contributed by atoms with Crippen molar-refractivity contribution >= 4 is 0 Å². The molecule has 0 aromatic heterocycles. The van der Waals surface area contributed by atoms with Gasteiger partial charge in [-0.2, -0.15) is 0 Å². The maximum atomic E-state index is 10.2. The Hall–Kier alpha value is -2.04. The maximum Gasteiger partial charge on any atom is 0.122 e. The van der Waals surface area contributed by atoms with Gasteiger partial charge >= 0.3 is 0 Å². The fourth-order valence-electron chi connectivity index (χ4n) is 4.36. The van der Waals surface area contributed by atoms with Crippen LogP contribution in [0.25, 0.3) is 0 Å². The molecule has 1 heterocycles. The van der Waals surface area contributed by atoms with Crippen LogP contribution >= 0.6 is 0 Å². The van der Waals surface area contributed by atoms with Gasteiger partial charge in [-0.05, 0) is 80.4 Å². The summed E-state index contributed by atoms with van der Waals surface area (Å²) in [6.45, 7) is 4.56. The van der Waals surface area contributed by atoms with E-state index in [0.717, 1.165) is 50.3 Å². The van der Waals surface area contributed by atoms with Crippen LogP contribution in [-0.4, -0.2) is 50.0 Å². The predicted octanol–water partition coefficient (Wildman–Crippen LogP) is 3.95. The average Bonchev–Trinajstić information content (AvgIpc) is 2.74. The molecule has 0 aliphatic carbocycles. The highest BCUT2D eigenvalue weighted by Gasteiger charge is 2.35. The molecule has 1 N–H and O–H groups in total. The molecule has 0 unspecified atom stereocenters. The number of piperidine rings is 1. The quantitative estimate of drug-likeness (QED) is 0.749. The minimum atomic E-state index is -0.0347. The Morgan fingerprint density at radius 3 is 2.46 bits per heavy atom. The number of ether oxygens (including phenoxy) is 2. The van der Waals surface area contributed by atoms with Crippen LogP contribution < -0.4 is 9.47 Å². The van der Waals surface area contributed by atoms with Crippen molar-refractivity contribution in [2.45, 2.75) is 38.6 Å². The molecule has 0 saturated carbocycles. The molecule has 0 spiro atoms. The topological polar surface area (TPSA) is 41.9 Å². The zero-order valence-electron chi connectivity index (χ0n) is 17.4. The Labute approximate surface area is 169 Å². The van der Waals surface area contributed by atoms with Crippen molar-refractivity contribution in [1.82, 2.24) is 4.90 Å². The largest absolute Gasteiger partial charge is 0.497 e. The first-order valence-electron chi connectivity index (χ1n) is 10.2. The Bertz CT molecular complexity index is 753. The molecule has 4 nitrogen and oxygen atoms in total. The van der Waals surface area contributed by atoms with E-state index < -0.39 is 0 Å². The summed E-state index contributed by atoms with van der Waals surface area (Å²) in [6, 6.07) is 17.0. The van der Waals surface area contributed by atoms with Crippen LogP contribution in [0.2, 0.25) is 0 Å². The van der Waals surface area contributed by atoms with E-state index in [-0.39, 0.29) is 12.0 Å². The average molecular weight is 384 g/mol. The Morgan fingerprint density at radius 2 is 1.79 bits per heavy atom. The summed E-state index contributed by atoms with van der Waals surface area (Å²) in [7, 11) is 3.43. The van der Waals surface area contributed by atoms with E-state index in [4.69, 9.17) is 9.47 Å². The van der Waals surface area contributed by atoms with Gasteiger partial charge in [0, 0.05) is 12.6 Å². The van der Waals surface area contributed by atoms with Gasteiger partial charge in [-0.25, -0.2) is 0 Å². The van der Waals surface area contributed by atoms with E-state index in [0.29, 0.717) is 6.04 Å². The third-order valence-corrected chi connectivity index (χ3v) is 6.24. The van der Waals surface area contributed by atoms with Gasteiger partial charge in [-0.15, -0.1) is 0 Å². The molecule has 152 valence electrons. The zero-order chi connectivity index (χ0) is 20.0. The van der Waals surface area contributed by atoms with Crippen molar-refractivity contribution in [3.8, 4) is 11.5 Å². The first-order chi connectivity index (χ1) is 13.6. The lowest BCUT2D eigenvalue weighted by Gasteiger charge is -2.43. The van der Waals surface area contributed by atoms with Crippen molar-refractivity contribution in [3.05, 3.63) is 59.7 Å². The fraction of sp³-hybridized carbons (Fsp3) is 0.500. The van der Waals surface area contributed by atoms with Gasteiger partial charge in [0.15, 0.2) is 0 Å². The summed E-state index contributed by atoms with van der Waals surface area (Å²) in [5.74, 6) is 1.85. The Kier molecular flexibility index (Phi) is 6.97. The molecule has 1 aliphatic rings. The van der Waals surface area contributed by atoms with Crippen molar-refractivity contribution in [3.63, 3.8) is 0 Å². The number of nitrogens with zero attached hydrogens (tertiary/aromatic N) is 1. The second-order valence-corrected chi connectivity index (χ2v) is 8.09. The number of methoxy groups -OCH3 is 2. The molecule has 1 fully saturated rings. The van der Waals surface area contributed by atoms with Gasteiger partial charge in [0.25, 0.3) is 0 Å². The van der Waals surface area contributed by atoms with Gasteiger partial charge in [-0.3, -0.25) is 0 Å². The smallest absolute Gasteiger partial charge is 0.122 e. The summed E-state index contributed by atoms with van der Waals surface area (Å²) in [5.41, 5.74) is 2.46. The van der Waals surface area contributed by atoms with E-state index in [1.807, 2.05) is 24.3 Å². The fourth-order valence-corrected chi connectivity index (χ4v) is 4.36. The standard InChI is InChI=1S/C24H33NO3/c1-19(15-21-8-4-5-10-23(21)28-3)25-13-11-24(18-26,12-14-25)17-20-7-6-9-22(16-20)27-2/h4-10,16,19,26H,11-15,17-18H2,1-3H3/t19-/m1/s1. The number of para-hydroxylation sites is 1. The highest BCUT2D eigenvalue weighted by Crippen LogP contribution is 2.36. The highest BCUT2D eigenvalue weighted by atomic mass is 16.5. The SMILES string of the molecule is COc1cccc(CC2(CO)CCN([C@H](C)Cc3ccccc3OC)CC2)c1. The lowest BCUT2D eigenvalue weighted by atomic mass is 9.74. The molecule has 2 aromatic rings. The minimum absolute atomic E-state index is 0.0347. The number of aliphatic hydroxyl groups is 1. The molecule has 1 saturated heterocycles. The van der Waals surface area contributed by atoms with Gasteiger partial charge in [-0.1, -0.05) is 30.3 Å². The molecule has 3 rings (SSSR count). The van der Waals surface area contributed by atoms with Gasteiger partial charge in [0.05, 0.1) is 14.2 Å². The number of rotatable bonds is 8. The summed E-state index contributed by atoms with van der Waals surface area (Å²) < 4.78 is 10.9. The van der Waals surface area contributed by atoms with Crippen LogP contribution in [0.1, 0.15) is 30.9 Å². The monoisotopic (exact) mass is 383 g/mol. The Balaban J connectivity index is 1.61. The van der Waals surface area contributed by atoms with E-state index in [1.165, 1.54) is 11.1 Å². The van der Waals surface area contributed by atoms with Crippen molar-refractivity contribution < 1.29 is 14.6 Å². The number of hydrogen-bond acceptors (Lipinski definition) is 4. The number of likely N-dealkylation sites (tertiary alicyclic amines) is 1.